The molecule has 2 aliphatic heterocycles. The van der Waals surface area contributed by atoms with Crippen LogP contribution in [0.5, 0.6) is 0 Å². The molecule has 0 aliphatic carbocycles. The van der Waals surface area contributed by atoms with Crippen LogP contribution in [-0.2, 0) is 24.4 Å². The zero-order chi connectivity index (χ0) is 18.7. The van der Waals surface area contributed by atoms with Crippen LogP contribution in [0.2, 0.25) is 0 Å². The van der Waals surface area contributed by atoms with Gasteiger partial charge in [0.25, 0.3) is 0 Å². The SMILES string of the molecule is CN(C)C(=O)NCc1cc2n(n1)CCN(CC(C)(C)N1CCOCC1)C2. The molecule has 0 aromatic carbocycles. The van der Waals surface area contributed by atoms with Gasteiger partial charge in [-0.25, -0.2) is 4.79 Å². The number of amides is 2. The molecule has 3 rings (SSSR count). The van der Waals surface area contributed by atoms with Gasteiger partial charge in [0.1, 0.15) is 0 Å². The first-order valence-electron chi connectivity index (χ1n) is 9.41. The van der Waals surface area contributed by atoms with E-state index >= 15 is 0 Å². The van der Waals surface area contributed by atoms with E-state index in [2.05, 4.69) is 44.8 Å². The van der Waals surface area contributed by atoms with E-state index in [1.807, 2.05) is 0 Å². The molecule has 0 unspecified atom stereocenters. The summed E-state index contributed by atoms with van der Waals surface area (Å²) >= 11 is 0. The summed E-state index contributed by atoms with van der Waals surface area (Å²) < 4.78 is 7.57. The molecule has 0 atom stereocenters. The molecule has 2 amide bonds. The summed E-state index contributed by atoms with van der Waals surface area (Å²) in [5, 5.41) is 7.51. The Hall–Kier alpha value is -1.64. The third kappa shape index (κ3) is 4.55. The average Bonchev–Trinajstić information content (AvgIpc) is 3.02. The van der Waals surface area contributed by atoms with Gasteiger partial charge in [-0.2, -0.15) is 5.10 Å². The predicted molar refractivity (Wildman–Crippen MR) is 99.9 cm³/mol. The van der Waals surface area contributed by atoms with E-state index in [0.29, 0.717) is 6.54 Å². The van der Waals surface area contributed by atoms with Crippen molar-refractivity contribution in [2.24, 2.45) is 0 Å². The van der Waals surface area contributed by atoms with E-state index in [-0.39, 0.29) is 11.6 Å². The van der Waals surface area contributed by atoms with E-state index in [9.17, 15) is 4.79 Å². The minimum absolute atomic E-state index is 0.0927. The molecule has 8 nitrogen and oxygen atoms in total. The summed E-state index contributed by atoms with van der Waals surface area (Å²) in [4.78, 5) is 18.3. The lowest BCUT2D eigenvalue weighted by Gasteiger charge is -2.44. The maximum atomic E-state index is 11.7. The lowest BCUT2D eigenvalue weighted by Crippen LogP contribution is -2.56. The number of carbonyl (C=O) groups is 1. The number of nitrogens with zero attached hydrogens (tertiary/aromatic N) is 5. The van der Waals surface area contributed by atoms with Crippen molar-refractivity contribution in [2.75, 3.05) is 53.5 Å². The molecule has 0 spiro atoms. The number of rotatable bonds is 5. The van der Waals surface area contributed by atoms with E-state index in [0.717, 1.165) is 58.2 Å². The van der Waals surface area contributed by atoms with Crippen molar-refractivity contribution in [3.05, 3.63) is 17.5 Å². The molecular formula is C18H32N6O2. The van der Waals surface area contributed by atoms with E-state index in [4.69, 9.17) is 4.74 Å². The molecule has 26 heavy (non-hydrogen) atoms. The molecular weight excluding hydrogens is 332 g/mol. The monoisotopic (exact) mass is 364 g/mol. The van der Waals surface area contributed by atoms with Gasteiger partial charge in [0.2, 0.25) is 0 Å². The van der Waals surface area contributed by atoms with Gasteiger partial charge in [-0.05, 0) is 19.9 Å². The maximum absolute atomic E-state index is 11.7. The third-order valence-corrected chi connectivity index (χ3v) is 5.23. The summed E-state index contributed by atoms with van der Waals surface area (Å²) in [7, 11) is 3.48. The van der Waals surface area contributed by atoms with Crippen LogP contribution in [0.25, 0.3) is 0 Å². The number of hydrogen-bond acceptors (Lipinski definition) is 5. The first-order valence-corrected chi connectivity index (χ1v) is 9.41. The highest BCUT2D eigenvalue weighted by molar-refractivity contribution is 5.73. The molecule has 8 heteroatoms. The summed E-state index contributed by atoms with van der Waals surface area (Å²) in [6.07, 6.45) is 0. The molecule has 2 aliphatic rings. The number of nitrogens with one attached hydrogen (secondary N) is 1. The topological polar surface area (TPSA) is 65.9 Å². The highest BCUT2D eigenvalue weighted by atomic mass is 16.5. The largest absolute Gasteiger partial charge is 0.379 e. The maximum Gasteiger partial charge on any atom is 0.317 e. The second kappa shape index (κ2) is 7.94. The van der Waals surface area contributed by atoms with Gasteiger partial charge in [0.15, 0.2) is 0 Å². The summed E-state index contributed by atoms with van der Waals surface area (Å²) in [6.45, 7) is 12.6. The Morgan fingerprint density at radius 2 is 2.00 bits per heavy atom. The van der Waals surface area contributed by atoms with Gasteiger partial charge >= 0.3 is 6.03 Å². The van der Waals surface area contributed by atoms with Crippen molar-refractivity contribution >= 4 is 6.03 Å². The molecule has 0 bridgehead atoms. The first-order chi connectivity index (χ1) is 12.3. The van der Waals surface area contributed by atoms with Crippen LogP contribution in [0.1, 0.15) is 25.2 Å². The Morgan fingerprint density at radius 1 is 1.27 bits per heavy atom. The molecule has 1 fully saturated rings. The normalized spacial score (nSPS) is 19.2. The third-order valence-electron chi connectivity index (χ3n) is 5.23. The van der Waals surface area contributed by atoms with Crippen LogP contribution in [0.15, 0.2) is 6.07 Å². The van der Waals surface area contributed by atoms with Crippen LogP contribution in [0, 0.1) is 0 Å². The number of carbonyl (C=O) groups excluding carboxylic acids is 1. The highest BCUT2D eigenvalue weighted by Gasteiger charge is 2.31. The number of ether oxygens (including phenoxy) is 1. The van der Waals surface area contributed by atoms with Crippen LogP contribution in [0.4, 0.5) is 4.79 Å². The number of morpholine rings is 1. The zero-order valence-corrected chi connectivity index (χ0v) is 16.5. The van der Waals surface area contributed by atoms with Crippen molar-refractivity contribution < 1.29 is 9.53 Å². The highest BCUT2D eigenvalue weighted by Crippen LogP contribution is 2.21. The Morgan fingerprint density at radius 3 is 2.69 bits per heavy atom. The Kier molecular flexibility index (Phi) is 5.84. The van der Waals surface area contributed by atoms with Gasteiger partial charge in [-0.1, -0.05) is 0 Å². The van der Waals surface area contributed by atoms with Gasteiger partial charge in [0.05, 0.1) is 37.7 Å². The molecule has 1 saturated heterocycles. The molecule has 146 valence electrons. The van der Waals surface area contributed by atoms with Crippen molar-refractivity contribution in [3.63, 3.8) is 0 Å². The van der Waals surface area contributed by atoms with Crippen molar-refractivity contribution in [1.29, 1.82) is 0 Å². The fraction of sp³-hybridized carbons (Fsp3) is 0.778. The lowest BCUT2D eigenvalue weighted by molar-refractivity contribution is -0.0244. The Balaban J connectivity index is 1.56. The minimum Gasteiger partial charge on any atom is -0.379 e. The zero-order valence-electron chi connectivity index (χ0n) is 16.5. The second-order valence-corrected chi connectivity index (χ2v) is 8.03. The van der Waals surface area contributed by atoms with Gasteiger partial charge in [0, 0.05) is 52.4 Å². The van der Waals surface area contributed by atoms with Crippen LogP contribution in [-0.4, -0.2) is 89.5 Å². The van der Waals surface area contributed by atoms with E-state index in [1.54, 1.807) is 14.1 Å². The molecule has 1 N–H and O–H groups in total. The standard InChI is InChI=1S/C18H32N6O2/c1-18(2,23-7-9-26-10-8-23)14-22-5-6-24-16(13-22)11-15(20-24)12-19-17(25)21(3)4/h11H,5-10,12-14H2,1-4H3,(H,19,25). The van der Waals surface area contributed by atoms with Crippen LogP contribution in [0.3, 0.4) is 0 Å². The smallest absolute Gasteiger partial charge is 0.317 e. The van der Waals surface area contributed by atoms with Gasteiger partial charge in [-0.3, -0.25) is 14.5 Å². The van der Waals surface area contributed by atoms with Gasteiger partial charge < -0.3 is 15.0 Å². The Labute approximate surface area is 156 Å². The quantitative estimate of drug-likeness (QED) is 0.828. The molecule has 0 radical (unpaired) electrons. The molecule has 0 saturated carbocycles. The molecule has 3 heterocycles. The average molecular weight is 364 g/mol. The number of hydrogen-bond donors (Lipinski definition) is 1. The summed E-state index contributed by atoms with van der Waals surface area (Å²) in [5.74, 6) is 0. The lowest BCUT2D eigenvalue weighted by atomic mass is 10.0. The van der Waals surface area contributed by atoms with Gasteiger partial charge in [-0.15, -0.1) is 0 Å². The van der Waals surface area contributed by atoms with E-state index in [1.165, 1.54) is 10.6 Å². The van der Waals surface area contributed by atoms with E-state index < -0.39 is 0 Å². The van der Waals surface area contributed by atoms with Crippen LogP contribution < -0.4 is 5.32 Å². The second-order valence-electron chi connectivity index (χ2n) is 8.03. The van der Waals surface area contributed by atoms with Crippen LogP contribution >= 0.6 is 0 Å². The number of urea groups is 1. The van der Waals surface area contributed by atoms with Crippen molar-refractivity contribution in [2.45, 2.75) is 39.0 Å². The number of aromatic nitrogens is 2. The summed E-state index contributed by atoms with van der Waals surface area (Å²) in [6, 6.07) is 2.02. The fourth-order valence-corrected chi connectivity index (χ4v) is 3.74. The fourth-order valence-electron chi connectivity index (χ4n) is 3.74. The molecule has 1 aromatic heterocycles. The number of fused-ring (bicyclic) bond motifs is 1. The van der Waals surface area contributed by atoms with Crippen molar-refractivity contribution in [1.82, 2.24) is 29.8 Å². The molecule has 1 aromatic rings. The first kappa shape index (κ1) is 19.1. The Bertz CT molecular complexity index is 621. The summed E-state index contributed by atoms with van der Waals surface area (Å²) in [5.41, 5.74) is 2.28. The predicted octanol–water partition coefficient (Wildman–Crippen LogP) is 0.581. The minimum atomic E-state index is -0.0927. The van der Waals surface area contributed by atoms with Crippen molar-refractivity contribution in [3.8, 4) is 0 Å².